The molecule has 0 bridgehead atoms. The molecular formula is C10H18O3. The fourth-order valence-electron chi connectivity index (χ4n) is 0.973. The summed E-state index contributed by atoms with van der Waals surface area (Å²) < 4.78 is 9.43. The lowest BCUT2D eigenvalue weighted by atomic mass is 10.00. The van der Waals surface area contributed by atoms with Crippen molar-refractivity contribution in [3.8, 4) is 0 Å². The second-order valence-electron chi connectivity index (χ2n) is 3.09. The lowest BCUT2D eigenvalue weighted by Gasteiger charge is -2.09. The summed E-state index contributed by atoms with van der Waals surface area (Å²) in [6.45, 7) is 4.18. The molecule has 0 aromatic rings. The first-order valence-corrected chi connectivity index (χ1v) is 4.45. The minimum Gasteiger partial charge on any atom is -0.504 e. The fourth-order valence-corrected chi connectivity index (χ4v) is 0.973. The summed E-state index contributed by atoms with van der Waals surface area (Å²) in [6.07, 6.45) is 3.20. The van der Waals surface area contributed by atoms with Crippen molar-refractivity contribution in [2.75, 3.05) is 14.2 Å². The second-order valence-corrected chi connectivity index (χ2v) is 3.09. The first-order chi connectivity index (χ1) is 6.15. The van der Waals surface area contributed by atoms with Gasteiger partial charge in [-0.25, -0.2) is 4.79 Å². The lowest BCUT2D eigenvalue weighted by molar-refractivity contribution is -0.136. The van der Waals surface area contributed by atoms with Gasteiger partial charge in [0.2, 0.25) is 0 Å². The quantitative estimate of drug-likeness (QED) is 0.375. The molecule has 0 radical (unpaired) electrons. The lowest BCUT2D eigenvalue weighted by Crippen LogP contribution is -2.08. The molecule has 0 fully saturated rings. The van der Waals surface area contributed by atoms with Gasteiger partial charge in [-0.05, 0) is 12.3 Å². The van der Waals surface area contributed by atoms with E-state index in [2.05, 4.69) is 18.6 Å². The van der Waals surface area contributed by atoms with Crippen molar-refractivity contribution in [3.05, 3.63) is 11.8 Å². The van der Waals surface area contributed by atoms with E-state index < -0.39 is 0 Å². The Hall–Kier alpha value is -0.990. The van der Waals surface area contributed by atoms with Gasteiger partial charge in [0.05, 0.1) is 26.1 Å². The van der Waals surface area contributed by atoms with Gasteiger partial charge in [0.25, 0.3) is 0 Å². The highest BCUT2D eigenvalue weighted by molar-refractivity contribution is 5.87. The van der Waals surface area contributed by atoms with E-state index in [0.29, 0.717) is 17.9 Å². The molecule has 76 valence electrons. The molecule has 0 aliphatic carbocycles. The zero-order chi connectivity index (χ0) is 10.3. The molecule has 0 amide bonds. The Labute approximate surface area is 79.7 Å². The maximum atomic E-state index is 11.2. The van der Waals surface area contributed by atoms with Gasteiger partial charge in [-0.2, -0.15) is 0 Å². The predicted molar refractivity (Wildman–Crippen MR) is 51.2 cm³/mol. The number of carbonyl (C=O) groups excluding carboxylic acids is 1. The van der Waals surface area contributed by atoms with Crippen LogP contribution < -0.4 is 0 Å². The van der Waals surface area contributed by atoms with Crippen molar-refractivity contribution in [1.29, 1.82) is 0 Å². The van der Waals surface area contributed by atoms with E-state index in [1.807, 2.05) is 0 Å². The molecule has 0 aliphatic heterocycles. The number of hydrogen-bond acceptors (Lipinski definition) is 3. The van der Waals surface area contributed by atoms with Crippen molar-refractivity contribution in [2.45, 2.75) is 26.7 Å². The first-order valence-electron chi connectivity index (χ1n) is 4.45. The van der Waals surface area contributed by atoms with E-state index in [-0.39, 0.29) is 5.97 Å². The van der Waals surface area contributed by atoms with Gasteiger partial charge in [-0.15, -0.1) is 0 Å². The summed E-state index contributed by atoms with van der Waals surface area (Å²) in [7, 11) is 2.90. The molecule has 1 unspecified atom stereocenters. The molecule has 1 atom stereocenters. The third-order valence-corrected chi connectivity index (χ3v) is 1.97. The smallest absolute Gasteiger partial charge is 0.336 e. The van der Waals surface area contributed by atoms with Crippen LogP contribution in [0, 0.1) is 5.92 Å². The van der Waals surface area contributed by atoms with Crippen LogP contribution in [0.4, 0.5) is 0 Å². The summed E-state index contributed by atoms with van der Waals surface area (Å²) in [6, 6.07) is 0. The fraction of sp³-hybridized carbons (Fsp3) is 0.700. The van der Waals surface area contributed by atoms with E-state index in [4.69, 9.17) is 4.74 Å². The largest absolute Gasteiger partial charge is 0.504 e. The van der Waals surface area contributed by atoms with Crippen LogP contribution in [0.5, 0.6) is 0 Å². The van der Waals surface area contributed by atoms with E-state index in [1.165, 1.54) is 20.5 Å². The average Bonchev–Trinajstić information content (AvgIpc) is 2.15. The molecule has 0 heterocycles. The zero-order valence-electron chi connectivity index (χ0n) is 8.79. The highest BCUT2D eigenvalue weighted by atomic mass is 16.5. The van der Waals surface area contributed by atoms with Crippen molar-refractivity contribution in [1.82, 2.24) is 0 Å². The van der Waals surface area contributed by atoms with Crippen molar-refractivity contribution >= 4 is 5.97 Å². The number of rotatable bonds is 5. The number of methoxy groups -OCH3 is 2. The molecule has 0 spiro atoms. The molecule has 13 heavy (non-hydrogen) atoms. The van der Waals surface area contributed by atoms with Gasteiger partial charge in [-0.1, -0.05) is 20.3 Å². The minimum absolute atomic E-state index is 0.304. The molecule has 0 saturated carbocycles. The zero-order valence-corrected chi connectivity index (χ0v) is 8.79. The molecule has 0 aliphatic rings. The van der Waals surface area contributed by atoms with Gasteiger partial charge < -0.3 is 9.47 Å². The van der Waals surface area contributed by atoms with Gasteiger partial charge in [0.15, 0.2) is 0 Å². The van der Waals surface area contributed by atoms with Crippen LogP contribution in [-0.2, 0) is 14.3 Å². The standard InChI is InChI=1S/C10H18O3/c1-5-8(2)6-9(7-12-3)10(11)13-4/h7-8H,5-6H2,1-4H3. The van der Waals surface area contributed by atoms with Gasteiger partial charge in [-0.3, -0.25) is 0 Å². The maximum Gasteiger partial charge on any atom is 0.336 e. The number of ether oxygens (including phenoxy) is 2. The average molecular weight is 186 g/mol. The summed E-state index contributed by atoms with van der Waals surface area (Å²) in [5.41, 5.74) is 0.597. The van der Waals surface area contributed by atoms with Crippen LogP contribution in [0.3, 0.4) is 0 Å². The van der Waals surface area contributed by atoms with E-state index in [9.17, 15) is 4.79 Å². The van der Waals surface area contributed by atoms with Crippen LogP contribution in [-0.4, -0.2) is 20.2 Å². The van der Waals surface area contributed by atoms with Crippen LogP contribution >= 0.6 is 0 Å². The van der Waals surface area contributed by atoms with Crippen LogP contribution in [0.1, 0.15) is 26.7 Å². The Kier molecular flexibility index (Phi) is 6.02. The Morgan fingerprint density at radius 2 is 2.08 bits per heavy atom. The second kappa shape index (κ2) is 6.52. The van der Waals surface area contributed by atoms with Crippen LogP contribution in [0.2, 0.25) is 0 Å². The molecule has 3 heteroatoms. The van der Waals surface area contributed by atoms with E-state index >= 15 is 0 Å². The molecular weight excluding hydrogens is 168 g/mol. The SMILES string of the molecule is CCC(C)CC(=COC)C(=O)OC. The van der Waals surface area contributed by atoms with Crippen LogP contribution in [0.25, 0.3) is 0 Å². The molecule has 0 rings (SSSR count). The van der Waals surface area contributed by atoms with Crippen molar-refractivity contribution in [2.24, 2.45) is 5.92 Å². The summed E-state index contributed by atoms with van der Waals surface area (Å²) >= 11 is 0. The molecule has 0 aromatic heterocycles. The van der Waals surface area contributed by atoms with Gasteiger partial charge in [0.1, 0.15) is 0 Å². The van der Waals surface area contributed by atoms with E-state index in [1.54, 1.807) is 0 Å². The number of carbonyl (C=O) groups is 1. The van der Waals surface area contributed by atoms with Crippen molar-refractivity contribution in [3.63, 3.8) is 0 Å². The predicted octanol–water partition coefficient (Wildman–Crippen LogP) is 2.13. The Morgan fingerprint density at radius 3 is 2.46 bits per heavy atom. The molecule has 0 aromatic carbocycles. The highest BCUT2D eigenvalue weighted by Gasteiger charge is 2.12. The number of esters is 1. The van der Waals surface area contributed by atoms with Crippen molar-refractivity contribution < 1.29 is 14.3 Å². The first kappa shape index (κ1) is 12.0. The van der Waals surface area contributed by atoms with Gasteiger partial charge >= 0.3 is 5.97 Å². The topological polar surface area (TPSA) is 35.5 Å². The number of hydrogen-bond donors (Lipinski definition) is 0. The summed E-state index contributed by atoms with van der Waals surface area (Å²) in [4.78, 5) is 11.2. The maximum absolute atomic E-state index is 11.2. The van der Waals surface area contributed by atoms with Crippen LogP contribution in [0.15, 0.2) is 11.8 Å². The molecule has 0 N–H and O–H groups in total. The molecule has 0 saturated heterocycles. The summed E-state index contributed by atoms with van der Waals surface area (Å²) in [5.74, 6) is 0.169. The minimum atomic E-state index is -0.304. The Bertz CT molecular complexity index is 185. The Morgan fingerprint density at radius 1 is 1.46 bits per heavy atom. The molecule has 3 nitrogen and oxygen atoms in total. The van der Waals surface area contributed by atoms with E-state index in [0.717, 1.165) is 6.42 Å². The monoisotopic (exact) mass is 186 g/mol. The third kappa shape index (κ3) is 4.55. The normalized spacial score (nSPS) is 13.7. The Balaban J connectivity index is 4.27. The van der Waals surface area contributed by atoms with Gasteiger partial charge in [0, 0.05) is 0 Å². The highest BCUT2D eigenvalue weighted by Crippen LogP contribution is 2.15. The summed E-state index contributed by atoms with van der Waals surface area (Å²) in [5, 5.41) is 0. The third-order valence-electron chi connectivity index (χ3n) is 1.97.